The summed E-state index contributed by atoms with van der Waals surface area (Å²) in [6.45, 7) is 10.6. The summed E-state index contributed by atoms with van der Waals surface area (Å²) in [6.07, 6.45) is 5.78. The van der Waals surface area contributed by atoms with E-state index in [1.165, 1.54) is 0 Å². The molecule has 0 spiro atoms. The molecule has 1 fully saturated rings. The Morgan fingerprint density at radius 1 is 1.06 bits per heavy atom. The molecule has 1 saturated heterocycles. The van der Waals surface area contributed by atoms with Crippen molar-refractivity contribution in [3.05, 3.63) is 71.3 Å². The average Bonchev–Trinajstić information content (AvgIpc) is 3.24. The van der Waals surface area contributed by atoms with E-state index in [-0.39, 0.29) is 11.4 Å². The molecule has 0 amide bonds. The zero-order valence-corrected chi connectivity index (χ0v) is 21.1. The first-order chi connectivity index (χ1) is 16.8. The molecule has 0 saturated carbocycles. The van der Waals surface area contributed by atoms with Gasteiger partial charge in [0.05, 0.1) is 35.3 Å². The molecule has 2 aromatic heterocycles. The van der Waals surface area contributed by atoms with Crippen molar-refractivity contribution < 1.29 is 19.0 Å². The van der Waals surface area contributed by atoms with E-state index in [1.54, 1.807) is 10.9 Å². The van der Waals surface area contributed by atoms with E-state index in [0.29, 0.717) is 31.1 Å². The first kappa shape index (κ1) is 25.1. The molecule has 3 heterocycles. The number of aromatic nitrogens is 3. The number of ether oxygens (including phenoxy) is 3. The lowest BCUT2D eigenvalue weighted by Crippen LogP contribution is -2.22. The molecule has 0 aliphatic carbocycles. The summed E-state index contributed by atoms with van der Waals surface area (Å²) < 4.78 is 18.7. The van der Waals surface area contributed by atoms with Crippen molar-refractivity contribution in [1.29, 1.82) is 0 Å². The first-order valence-electron chi connectivity index (χ1n) is 12.3. The van der Waals surface area contributed by atoms with Crippen molar-refractivity contribution in [3.63, 3.8) is 0 Å². The van der Waals surface area contributed by atoms with Gasteiger partial charge in [-0.2, -0.15) is 5.10 Å². The second kappa shape index (κ2) is 11.1. The summed E-state index contributed by atoms with van der Waals surface area (Å²) in [5.41, 5.74) is 4.14. The molecule has 0 N–H and O–H groups in total. The molecule has 1 aromatic carbocycles. The molecule has 1 aliphatic heterocycles. The fraction of sp³-hybridized carbons (Fsp3) is 0.464. The number of hydrogen-bond acceptors (Lipinski definition) is 6. The van der Waals surface area contributed by atoms with Gasteiger partial charge in [0.25, 0.3) is 0 Å². The quantitative estimate of drug-likeness (QED) is 0.316. The molecule has 0 atom stereocenters. The zero-order chi connectivity index (χ0) is 24.8. The summed E-state index contributed by atoms with van der Waals surface area (Å²) in [4.78, 5) is 17.6. The van der Waals surface area contributed by atoms with Crippen LogP contribution in [-0.2, 0) is 15.9 Å². The van der Waals surface area contributed by atoms with Crippen molar-refractivity contribution in [1.82, 2.24) is 14.8 Å². The maximum atomic E-state index is 13.0. The molecule has 186 valence electrons. The molecule has 1 aliphatic rings. The van der Waals surface area contributed by atoms with Crippen LogP contribution in [0.3, 0.4) is 0 Å². The van der Waals surface area contributed by atoms with Crippen molar-refractivity contribution in [2.45, 2.75) is 58.5 Å². The van der Waals surface area contributed by atoms with E-state index in [0.717, 1.165) is 54.4 Å². The predicted molar refractivity (Wildman–Crippen MR) is 135 cm³/mol. The molecule has 3 aromatic rings. The van der Waals surface area contributed by atoms with Gasteiger partial charge in [-0.3, -0.25) is 9.78 Å². The van der Waals surface area contributed by atoms with E-state index >= 15 is 0 Å². The Balaban J connectivity index is 1.35. The Hall–Kier alpha value is -3.03. The minimum Gasteiger partial charge on any atom is -0.491 e. The molecular formula is C28H35N3O4. The van der Waals surface area contributed by atoms with Crippen LogP contribution in [0.1, 0.15) is 66.8 Å². The fourth-order valence-corrected chi connectivity index (χ4v) is 4.19. The maximum absolute atomic E-state index is 13.0. The maximum Gasteiger partial charge on any atom is 0.170 e. The molecular weight excluding hydrogens is 442 g/mol. The van der Waals surface area contributed by atoms with Gasteiger partial charge in [0.15, 0.2) is 5.78 Å². The lowest BCUT2D eigenvalue weighted by Gasteiger charge is -2.21. The van der Waals surface area contributed by atoms with Crippen LogP contribution in [0.5, 0.6) is 5.75 Å². The van der Waals surface area contributed by atoms with Crippen LogP contribution in [0, 0.1) is 6.92 Å². The van der Waals surface area contributed by atoms with E-state index in [1.807, 2.05) is 70.3 Å². The first-order valence-corrected chi connectivity index (χ1v) is 12.3. The number of carbonyl (C=O) groups is 1. The highest BCUT2D eigenvalue weighted by Crippen LogP contribution is 2.25. The van der Waals surface area contributed by atoms with Crippen LogP contribution in [0.2, 0.25) is 0 Å². The van der Waals surface area contributed by atoms with Gasteiger partial charge in [-0.15, -0.1) is 0 Å². The number of nitrogens with zero attached hydrogens (tertiary/aromatic N) is 3. The fourth-order valence-electron chi connectivity index (χ4n) is 4.19. The molecule has 4 rings (SSSR count). The van der Waals surface area contributed by atoms with Crippen LogP contribution in [-0.4, -0.2) is 52.6 Å². The Bertz CT molecular complexity index is 1110. The standard InChI is InChI=1S/C28H35N3O4/c1-20-25(27(32)17-21-5-10-26(29-18-21)22-11-13-33-14-12-22)19-30-31(20)23-6-8-24(9-7-23)34-15-16-35-28(2,3)4/h5-10,18-19,22H,11-17H2,1-4H3. The lowest BCUT2D eigenvalue weighted by molar-refractivity contribution is -0.0163. The Morgan fingerprint density at radius 3 is 2.46 bits per heavy atom. The highest BCUT2D eigenvalue weighted by molar-refractivity contribution is 5.98. The summed E-state index contributed by atoms with van der Waals surface area (Å²) in [5, 5.41) is 4.46. The number of ketones is 1. The van der Waals surface area contributed by atoms with Crippen LogP contribution in [0.25, 0.3) is 5.69 Å². The van der Waals surface area contributed by atoms with E-state index < -0.39 is 0 Å². The van der Waals surface area contributed by atoms with Crippen molar-refractivity contribution in [2.24, 2.45) is 0 Å². The molecule has 7 heteroatoms. The SMILES string of the molecule is Cc1c(C(=O)Cc2ccc(C3CCOCC3)nc2)cnn1-c1ccc(OCCOC(C)(C)C)cc1. The average molecular weight is 478 g/mol. The summed E-state index contributed by atoms with van der Waals surface area (Å²) in [5.74, 6) is 1.25. The van der Waals surface area contributed by atoms with Gasteiger partial charge in [0.1, 0.15) is 12.4 Å². The van der Waals surface area contributed by atoms with Crippen LogP contribution < -0.4 is 4.74 Å². The zero-order valence-electron chi connectivity index (χ0n) is 21.1. The topological polar surface area (TPSA) is 75.5 Å². The second-order valence-corrected chi connectivity index (χ2v) is 9.94. The number of Topliss-reactive ketones (excluding diaryl/α,β-unsaturated/α-hetero) is 1. The Labute approximate surface area is 207 Å². The van der Waals surface area contributed by atoms with Gasteiger partial charge in [0, 0.05) is 37.4 Å². The molecule has 7 nitrogen and oxygen atoms in total. The third kappa shape index (κ3) is 6.77. The highest BCUT2D eigenvalue weighted by atomic mass is 16.5. The minimum atomic E-state index is -0.176. The number of rotatable bonds is 9. The third-order valence-corrected chi connectivity index (χ3v) is 6.13. The molecule has 0 unspecified atom stereocenters. The van der Waals surface area contributed by atoms with E-state index in [9.17, 15) is 4.79 Å². The number of benzene rings is 1. The molecule has 0 bridgehead atoms. The lowest BCUT2D eigenvalue weighted by atomic mass is 9.95. The number of hydrogen-bond donors (Lipinski definition) is 0. The molecule has 35 heavy (non-hydrogen) atoms. The smallest absolute Gasteiger partial charge is 0.170 e. The van der Waals surface area contributed by atoms with Gasteiger partial charge in [0.2, 0.25) is 0 Å². The van der Waals surface area contributed by atoms with Crippen molar-refractivity contribution >= 4 is 5.78 Å². The predicted octanol–water partition coefficient (Wildman–Crippen LogP) is 5.09. The Kier molecular flexibility index (Phi) is 7.98. The third-order valence-electron chi connectivity index (χ3n) is 6.13. The minimum absolute atomic E-state index is 0.0353. The van der Waals surface area contributed by atoms with E-state index in [4.69, 9.17) is 14.2 Å². The van der Waals surface area contributed by atoms with E-state index in [2.05, 4.69) is 10.1 Å². The van der Waals surface area contributed by atoms with Gasteiger partial charge < -0.3 is 14.2 Å². The number of pyridine rings is 1. The number of carbonyl (C=O) groups excluding carboxylic acids is 1. The van der Waals surface area contributed by atoms with Crippen LogP contribution in [0.4, 0.5) is 0 Å². The van der Waals surface area contributed by atoms with Gasteiger partial charge in [-0.25, -0.2) is 4.68 Å². The van der Waals surface area contributed by atoms with Gasteiger partial charge >= 0.3 is 0 Å². The van der Waals surface area contributed by atoms with Gasteiger partial charge in [-0.1, -0.05) is 6.07 Å². The summed E-state index contributed by atoms with van der Waals surface area (Å²) in [7, 11) is 0. The summed E-state index contributed by atoms with van der Waals surface area (Å²) >= 11 is 0. The van der Waals surface area contributed by atoms with Crippen molar-refractivity contribution in [3.8, 4) is 11.4 Å². The highest BCUT2D eigenvalue weighted by Gasteiger charge is 2.19. The molecule has 0 radical (unpaired) electrons. The Morgan fingerprint density at radius 2 is 1.80 bits per heavy atom. The van der Waals surface area contributed by atoms with Crippen LogP contribution >= 0.6 is 0 Å². The largest absolute Gasteiger partial charge is 0.491 e. The van der Waals surface area contributed by atoms with Crippen molar-refractivity contribution in [2.75, 3.05) is 26.4 Å². The summed E-state index contributed by atoms with van der Waals surface area (Å²) in [6, 6.07) is 11.7. The normalized spacial score (nSPS) is 14.7. The van der Waals surface area contributed by atoms with Crippen LogP contribution in [0.15, 0.2) is 48.8 Å². The van der Waals surface area contributed by atoms with Gasteiger partial charge in [-0.05, 0) is 76.4 Å². The monoisotopic (exact) mass is 477 g/mol. The second-order valence-electron chi connectivity index (χ2n) is 9.94.